The molecule has 0 saturated heterocycles. The van der Waals surface area contributed by atoms with Gasteiger partial charge < -0.3 is 10.6 Å². The van der Waals surface area contributed by atoms with E-state index in [1.54, 1.807) is 12.1 Å². The summed E-state index contributed by atoms with van der Waals surface area (Å²) in [4.78, 5) is 25.2. The molecule has 2 amide bonds. The number of carbonyl (C=O) groups is 2. The molecule has 1 saturated carbocycles. The molecule has 0 aliphatic heterocycles. The van der Waals surface area contributed by atoms with Gasteiger partial charge in [-0.2, -0.15) is 0 Å². The smallest absolute Gasteiger partial charge is 0.255 e. The molecule has 0 unspecified atom stereocenters. The Morgan fingerprint density at radius 1 is 1.04 bits per heavy atom. The summed E-state index contributed by atoms with van der Waals surface area (Å²) in [6.07, 6.45) is 5.39. The Bertz CT molecular complexity index is 823. The van der Waals surface area contributed by atoms with Gasteiger partial charge in [0.1, 0.15) is 0 Å². The molecule has 26 heavy (non-hydrogen) atoms. The van der Waals surface area contributed by atoms with Crippen molar-refractivity contribution in [2.45, 2.75) is 32.6 Å². The summed E-state index contributed by atoms with van der Waals surface area (Å²) in [5.41, 5.74) is 2.55. The molecule has 0 spiro atoms. The second kappa shape index (κ2) is 7.56. The highest BCUT2D eigenvalue weighted by molar-refractivity contribution is 6.05. The van der Waals surface area contributed by atoms with E-state index in [0.717, 1.165) is 30.5 Å². The Morgan fingerprint density at radius 2 is 1.69 bits per heavy atom. The van der Waals surface area contributed by atoms with Crippen LogP contribution in [0.4, 0.5) is 11.4 Å². The van der Waals surface area contributed by atoms with Gasteiger partial charge in [-0.1, -0.05) is 36.8 Å². The van der Waals surface area contributed by atoms with E-state index in [-0.39, 0.29) is 17.2 Å². The predicted molar refractivity (Wildman–Crippen MR) is 105 cm³/mol. The first-order chi connectivity index (χ1) is 12.6. The zero-order valence-electron chi connectivity index (χ0n) is 15.0. The first-order valence-electron chi connectivity index (χ1n) is 8.94. The molecule has 0 radical (unpaired) electrons. The van der Waals surface area contributed by atoms with Gasteiger partial charge in [-0.15, -0.1) is 6.58 Å². The fourth-order valence-electron chi connectivity index (χ4n) is 3.35. The third kappa shape index (κ3) is 3.54. The van der Waals surface area contributed by atoms with E-state index in [2.05, 4.69) is 17.2 Å². The molecule has 4 heteroatoms. The number of nitrogens with one attached hydrogen (secondary N) is 2. The van der Waals surface area contributed by atoms with Gasteiger partial charge in [-0.05, 0) is 56.0 Å². The van der Waals surface area contributed by atoms with Crippen molar-refractivity contribution in [3.05, 3.63) is 72.3 Å². The molecule has 2 aromatic carbocycles. The summed E-state index contributed by atoms with van der Waals surface area (Å²) >= 11 is 0. The van der Waals surface area contributed by atoms with Gasteiger partial charge >= 0.3 is 0 Å². The van der Waals surface area contributed by atoms with Crippen LogP contribution >= 0.6 is 0 Å². The summed E-state index contributed by atoms with van der Waals surface area (Å²) in [5.74, 6) is -0.127. The van der Waals surface area contributed by atoms with E-state index in [9.17, 15) is 9.59 Å². The topological polar surface area (TPSA) is 58.2 Å². The third-order valence-corrected chi connectivity index (χ3v) is 5.19. The molecule has 1 aliphatic rings. The second-order valence-corrected chi connectivity index (χ2v) is 6.88. The van der Waals surface area contributed by atoms with Gasteiger partial charge in [-0.3, -0.25) is 9.59 Å². The average Bonchev–Trinajstić information content (AvgIpc) is 2.62. The summed E-state index contributed by atoms with van der Waals surface area (Å²) in [6, 6.07) is 14.6. The Balaban J connectivity index is 1.76. The largest absolute Gasteiger partial charge is 0.325 e. The molecule has 0 aromatic heterocycles. The zero-order chi connectivity index (χ0) is 18.6. The molecule has 2 N–H and O–H groups in total. The van der Waals surface area contributed by atoms with Crippen LogP contribution in [0, 0.1) is 12.3 Å². The predicted octanol–water partition coefficient (Wildman–Crippen LogP) is 4.93. The second-order valence-electron chi connectivity index (χ2n) is 6.88. The van der Waals surface area contributed by atoms with Crippen molar-refractivity contribution >= 4 is 23.2 Å². The van der Waals surface area contributed by atoms with E-state index in [1.807, 2.05) is 49.4 Å². The molecule has 0 heterocycles. The number of hydrogen-bond acceptors (Lipinski definition) is 2. The van der Waals surface area contributed by atoms with Crippen molar-refractivity contribution in [2.75, 3.05) is 10.6 Å². The maximum absolute atomic E-state index is 12.8. The molecule has 1 fully saturated rings. The van der Waals surface area contributed by atoms with Crippen LogP contribution in [0.25, 0.3) is 0 Å². The lowest BCUT2D eigenvalue weighted by molar-refractivity contribution is -0.130. The minimum absolute atomic E-state index is 0.0401. The van der Waals surface area contributed by atoms with Crippen LogP contribution in [-0.4, -0.2) is 11.8 Å². The van der Waals surface area contributed by atoms with E-state index in [4.69, 9.17) is 0 Å². The van der Waals surface area contributed by atoms with Gasteiger partial charge in [0.2, 0.25) is 5.91 Å². The fourth-order valence-corrected chi connectivity index (χ4v) is 3.35. The van der Waals surface area contributed by atoms with E-state index >= 15 is 0 Å². The fraction of sp³-hybridized carbons (Fsp3) is 0.273. The number of hydrogen-bond donors (Lipinski definition) is 2. The third-order valence-electron chi connectivity index (χ3n) is 5.19. The number of amides is 2. The van der Waals surface area contributed by atoms with Crippen molar-refractivity contribution in [3.63, 3.8) is 0 Å². The van der Waals surface area contributed by atoms with Crippen molar-refractivity contribution < 1.29 is 9.59 Å². The Labute approximate surface area is 154 Å². The van der Waals surface area contributed by atoms with E-state index in [0.29, 0.717) is 17.7 Å². The molecular weight excluding hydrogens is 324 g/mol. The quantitative estimate of drug-likeness (QED) is 0.727. The lowest BCUT2D eigenvalue weighted by Crippen LogP contribution is -2.41. The minimum Gasteiger partial charge on any atom is -0.325 e. The lowest BCUT2D eigenvalue weighted by atomic mass is 9.66. The zero-order valence-corrected chi connectivity index (χ0v) is 15.0. The van der Waals surface area contributed by atoms with Crippen molar-refractivity contribution in [1.29, 1.82) is 0 Å². The number of anilines is 2. The normalized spacial score (nSPS) is 14.8. The summed E-state index contributed by atoms with van der Waals surface area (Å²) in [7, 11) is 0. The van der Waals surface area contributed by atoms with Crippen LogP contribution in [0.3, 0.4) is 0 Å². The summed E-state index contributed by atoms with van der Waals surface area (Å²) in [5, 5.41) is 5.98. The maximum Gasteiger partial charge on any atom is 0.255 e. The Kier molecular flexibility index (Phi) is 5.21. The van der Waals surface area contributed by atoms with Crippen molar-refractivity contribution in [3.8, 4) is 0 Å². The SMILES string of the molecule is C=CCC1(C(=O)Nc2cccc(NC(=O)c3ccccc3)c2C)CCC1. The minimum atomic E-state index is -0.322. The number of allylic oxidation sites excluding steroid dienone is 1. The first kappa shape index (κ1) is 17.9. The molecule has 134 valence electrons. The monoisotopic (exact) mass is 348 g/mol. The van der Waals surface area contributed by atoms with Crippen LogP contribution < -0.4 is 10.6 Å². The maximum atomic E-state index is 12.8. The Hall–Kier alpha value is -2.88. The number of carbonyl (C=O) groups excluding carboxylic acids is 2. The lowest BCUT2D eigenvalue weighted by Gasteiger charge is -2.39. The van der Waals surface area contributed by atoms with Gasteiger partial charge in [0.15, 0.2) is 0 Å². The van der Waals surface area contributed by atoms with Crippen LogP contribution in [0.1, 0.15) is 41.6 Å². The number of rotatable bonds is 6. The highest BCUT2D eigenvalue weighted by Crippen LogP contribution is 2.45. The van der Waals surface area contributed by atoms with Crippen LogP contribution in [-0.2, 0) is 4.79 Å². The summed E-state index contributed by atoms with van der Waals surface area (Å²) in [6.45, 7) is 5.68. The molecular formula is C22H24N2O2. The van der Waals surface area contributed by atoms with Crippen LogP contribution in [0.15, 0.2) is 61.2 Å². The summed E-state index contributed by atoms with van der Waals surface area (Å²) < 4.78 is 0. The van der Waals surface area contributed by atoms with Gasteiger partial charge in [-0.25, -0.2) is 0 Å². The van der Waals surface area contributed by atoms with Gasteiger partial charge in [0.25, 0.3) is 5.91 Å². The number of benzene rings is 2. The first-order valence-corrected chi connectivity index (χ1v) is 8.94. The molecule has 0 atom stereocenters. The Morgan fingerprint density at radius 3 is 2.27 bits per heavy atom. The highest BCUT2D eigenvalue weighted by Gasteiger charge is 2.42. The van der Waals surface area contributed by atoms with Crippen molar-refractivity contribution in [2.24, 2.45) is 5.41 Å². The van der Waals surface area contributed by atoms with Crippen LogP contribution in [0.2, 0.25) is 0 Å². The van der Waals surface area contributed by atoms with Gasteiger partial charge in [0.05, 0.1) is 5.41 Å². The molecule has 3 rings (SSSR count). The highest BCUT2D eigenvalue weighted by atomic mass is 16.2. The molecule has 0 bridgehead atoms. The van der Waals surface area contributed by atoms with E-state index in [1.165, 1.54) is 0 Å². The molecule has 1 aliphatic carbocycles. The van der Waals surface area contributed by atoms with Crippen LogP contribution in [0.5, 0.6) is 0 Å². The molecule has 2 aromatic rings. The van der Waals surface area contributed by atoms with Crippen molar-refractivity contribution in [1.82, 2.24) is 0 Å². The standard InChI is InChI=1S/C22H24N2O2/c1-3-13-22(14-8-15-22)21(26)24-19-12-7-11-18(16(19)2)23-20(25)17-9-5-4-6-10-17/h3-7,9-12H,1,8,13-15H2,2H3,(H,23,25)(H,24,26). The average molecular weight is 348 g/mol. The van der Waals surface area contributed by atoms with Gasteiger partial charge in [0, 0.05) is 16.9 Å². The van der Waals surface area contributed by atoms with E-state index < -0.39 is 0 Å². The molecule has 4 nitrogen and oxygen atoms in total.